The molecule has 0 aromatic rings. The van der Waals surface area contributed by atoms with Crippen molar-refractivity contribution in [2.45, 2.75) is 53.1 Å². The van der Waals surface area contributed by atoms with Crippen LogP contribution in [0.5, 0.6) is 0 Å². The second kappa shape index (κ2) is 4.83. The average molecular weight is 172 g/mol. The fourth-order valence-electron chi connectivity index (χ4n) is 1.42. The molecular formula is C10H24N2. The molecule has 12 heavy (non-hydrogen) atoms. The van der Waals surface area contributed by atoms with Crippen LogP contribution in [0.15, 0.2) is 0 Å². The summed E-state index contributed by atoms with van der Waals surface area (Å²) >= 11 is 0. The van der Waals surface area contributed by atoms with Crippen molar-refractivity contribution in [3.63, 3.8) is 0 Å². The van der Waals surface area contributed by atoms with E-state index >= 15 is 0 Å². The molecule has 1 unspecified atom stereocenters. The van der Waals surface area contributed by atoms with Gasteiger partial charge in [-0.1, -0.05) is 34.6 Å². The molecule has 0 saturated heterocycles. The quantitative estimate of drug-likeness (QED) is 0.678. The summed E-state index contributed by atoms with van der Waals surface area (Å²) in [5.74, 6) is 0. The summed E-state index contributed by atoms with van der Waals surface area (Å²) in [5.41, 5.74) is 6.03. The maximum absolute atomic E-state index is 5.67. The summed E-state index contributed by atoms with van der Waals surface area (Å²) < 4.78 is 0. The molecule has 0 spiro atoms. The van der Waals surface area contributed by atoms with Gasteiger partial charge in [-0.2, -0.15) is 0 Å². The number of rotatable bonds is 4. The van der Waals surface area contributed by atoms with E-state index in [4.69, 9.17) is 5.73 Å². The summed E-state index contributed by atoms with van der Waals surface area (Å²) in [6.07, 6.45) is 1.14. The Bertz CT molecular complexity index is 113. The average Bonchev–Trinajstić information content (AvgIpc) is 1.82. The Morgan fingerprint density at radius 3 is 2.00 bits per heavy atom. The van der Waals surface area contributed by atoms with Gasteiger partial charge in [0.15, 0.2) is 0 Å². The van der Waals surface area contributed by atoms with Gasteiger partial charge in [0.25, 0.3) is 0 Å². The van der Waals surface area contributed by atoms with Crippen molar-refractivity contribution in [2.75, 3.05) is 6.54 Å². The normalized spacial score (nSPS) is 15.2. The molecule has 0 amide bonds. The van der Waals surface area contributed by atoms with E-state index in [0.717, 1.165) is 13.0 Å². The number of hydrogen-bond acceptors (Lipinski definition) is 2. The molecule has 0 aromatic carbocycles. The van der Waals surface area contributed by atoms with E-state index in [9.17, 15) is 0 Å². The van der Waals surface area contributed by atoms with Crippen LogP contribution >= 0.6 is 0 Å². The zero-order valence-electron chi connectivity index (χ0n) is 9.15. The molecule has 0 heterocycles. The van der Waals surface area contributed by atoms with E-state index < -0.39 is 0 Å². The van der Waals surface area contributed by atoms with Gasteiger partial charge in [-0.3, -0.25) is 0 Å². The van der Waals surface area contributed by atoms with Crippen LogP contribution in [-0.2, 0) is 0 Å². The molecule has 1 atom stereocenters. The summed E-state index contributed by atoms with van der Waals surface area (Å²) in [6.45, 7) is 11.8. The third-order valence-corrected chi connectivity index (χ3v) is 1.71. The van der Waals surface area contributed by atoms with Crippen molar-refractivity contribution in [2.24, 2.45) is 11.1 Å². The second-order valence-corrected chi connectivity index (χ2v) is 5.02. The molecule has 3 N–H and O–H groups in total. The molecular weight excluding hydrogens is 148 g/mol. The van der Waals surface area contributed by atoms with Gasteiger partial charge in [0.1, 0.15) is 0 Å². The van der Waals surface area contributed by atoms with Gasteiger partial charge >= 0.3 is 0 Å². The van der Waals surface area contributed by atoms with Gasteiger partial charge in [-0.25, -0.2) is 0 Å². The van der Waals surface area contributed by atoms with Crippen LogP contribution in [0.25, 0.3) is 0 Å². The Morgan fingerprint density at radius 2 is 1.75 bits per heavy atom. The highest BCUT2D eigenvalue weighted by atomic mass is 15.0. The lowest BCUT2D eigenvalue weighted by Gasteiger charge is -2.27. The highest BCUT2D eigenvalue weighted by Crippen LogP contribution is 2.20. The fourth-order valence-corrected chi connectivity index (χ4v) is 1.42. The molecule has 2 heteroatoms. The maximum Gasteiger partial charge on any atom is 0.0197 e. The van der Waals surface area contributed by atoms with Crippen molar-refractivity contribution in [1.82, 2.24) is 5.32 Å². The van der Waals surface area contributed by atoms with Crippen LogP contribution in [0.3, 0.4) is 0 Å². The highest BCUT2D eigenvalue weighted by Gasteiger charge is 2.17. The van der Waals surface area contributed by atoms with Crippen molar-refractivity contribution in [3.8, 4) is 0 Å². The Morgan fingerprint density at radius 1 is 1.25 bits per heavy atom. The lowest BCUT2D eigenvalue weighted by Crippen LogP contribution is -2.42. The Kier molecular flexibility index (Phi) is 4.80. The Labute approximate surface area is 76.9 Å². The van der Waals surface area contributed by atoms with E-state index in [-0.39, 0.29) is 0 Å². The number of hydrogen-bond donors (Lipinski definition) is 2. The first-order valence-corrected chi connectivity index (χ1v) is 4.81. The molecule has 0 aromatic heterocycles. The van der Waals surface area contributed by atoms with E-state index in [1.54, 1.807) is 0 Å². The van der Waals surface area contributed by atoms with Crippen molar-refractivity contribution >= 4 is 0 Å². The topological polar surface area (TPSA) is 38.0 Å². The predicted octanol–water partition coefficient (Wildman–Crippen LogP) is 1.75. The largest absolute Gasteiger partial charge is 0.329 e. The maximum atomic E-state index is 5.67. The van der Waals surface area contributed by atoms with Gasteiger partial charge in [0.05, 0.1) is 0 Å². The number of nitrogens with one attached hydrogen (secondary N) is 1. The third kappa shape index (κ3) is 6.62. The van der Waals surface area contributed by atoms with Gasteiger partial charge < -0.3 is 11.1 Å². The van der Waals surface area contributed by atoms with Crippen LogP contribution < -0.4 is 11.1 Å². The van der Waals surface area contributed by atoms with Gasteiger partial charge in [-0.05, 0) is 11.8 Å². The minimum Gasteiger partial charge on any atom is -0.329 e. The van der Waals surface area contributed by atoms with Crippen LogP contribution in [0.1, 0.15) is 41.0 Å². The molecule has 0 radical (unpaired) electrons. The van der Waals surface area contributed by atoms with Crippen LogP contribution in [0.2, 0.25) is 0 Å². The van der Waals surface area contributed by atoms with E-state index in [1.807, 2.05) is 0 Å². The lowest BCUT2D eigenvalue weighted by molar-refractivity contribution is 0.300. The second-order valence-electron chi connectivity index (χ2n) is 5.02. The Balaban J connectivity index is 3.83. The predicted molar refractivity (Wildman–Crippen MR) is 55.2 cm³/mol. The zero-order chi connectivity index (χ0) is 9.78. The smallest absolute Gasteiger partial charge is 0.0197 e. The zero-order valence-corrected chi connectivity index (χ0v) is 9.15. The first kappa shape index (κ1) is 11.9. The molecule has 74 valence electrons. The van der Waals surface area contributed by atoms with Crippen LogP contribution in [-0.4, -0.2) is 18.6 Å². The third-order valence-electron chi connectivity index (χ3n) is 1.71. The summed E-state index contributed by atoms with van der Waals surface area (Å²) in [6, 6.07) is 0.992. The first-order valence-electron chi connectivity index (χ1n) is 4.81. The molecule has 2 nitrogen and oxygen atoms in total. The monoisotopic (exact) mass is 172 g/mol. The molecule has 0 rings (SSSR count). The number of nitrogens with two attached hydrogens (primary N) is 1. The molecule has 0 bridgehead atoms. The minimum atomic E-state index is 0.367. The molecule has 0 aliphatic rings. The van der Waals surface area contributed by atoms with Gasteiger partial charge in [-0.15, -0.1) is 0 Å². The molecule has 0 saturated carbocycles. The summed E-state index contributed by atoms with van der Waals surface area (Å²) in [5, 5.41) is 3.46. The molecule has 0 aliphatic heterocycles. The van der Waals surface area contributed by atoms with Gasteiger partial charge in [0.2, 0.25) is 0 Å². The van der Waals surface area contributed by atoms with Crippen molar-refractivity contribution < 1.29 is 0 Å². The van der Waals surface area contributed by atoms with Crippen LogP contribution in [0.4, 0.5) is 0 Å². The molecule has 0 aliphatic carbocycles. The standard InChI is InChI=1S/C10H24N2/c1-8(2)12-9(7-11)6-10(3,4)5/h8-9,12H,6-7,11H2,1-5H3. The Hall–Kier alpha value is -0.0800. The highest BCUT2D eigenvalue weighted by molar-refractivity contribution is 4.76. The first-order chi connectivity index (χ1) is 5.35. The SMILES string of the molecule is CC(C)NC(CN)CC(C)(C)C. The summed E-state index contributed by atoms with van der Waals surface area (Å²) in [4.78, 5) is 0. The van der Waals surface area contributed by atoms with E-state index in [1.165, 1.54) is 0 Å². The van der Waals surface area contributed by atoms with Crippen molar-refractivity contribution in [1.29, 1.82) is 0 Å². The van der Waals surface area contributed by atoms with E-state index in [2.05, 4.69) is 39.9 Å². The van der Waals surface area contributed by atoms with Gasteiger partial charge in [0, 0.05) is 18.6 Å². The lowest BCUT2D eigenvalue weighted by atomic mass is 9.88. The summed E-state index contributed by atoms with van der Waals surface area (Å²) in [7, 11) is 0. The van der Waals surface area contributed by atoms with E-state index in [0.29, 0.717) is 17.5 Å². The molecule has 0 fully saturated rings. The van der Waals surface area contributed by atoms with Crippen LogP contribution in [0, 0.1) is 5.41 Å². The minimum absolute atomic E-state index is 0.367. The van der Waals surface area contributed by atoms with Crippen molar-refractivity contribution in [3.05, 3.63) is 0 Å². The fraction of sp³-hybridized carbons (Fsp3) is 1.00.